The molecule has 2 heterocycles. The molecule has 288 valence electrons. The quantitative estimate of drug-likeness (QED) is 0.221. The molecule has 0 radical (unpaired) electrons. The fraction of sp³-hybridized carbons (Fsp3) is 0.875. The van der Waals surface area contributed by atoms with Crippen molar-refractivity contribution in [1.82, 2.24) is 0 Å². The molecule has 5 fully saturated rings. The Hall–Kier alpha value is -1.41. The first-order valence-electron chi connectivity index (χ1n) is 19.4. The van der Waals surface area contributed by atoms with Crippen LogP contribution in [0, 0.1) is 50.7 Å². The molecule has 5 aliphatic carbocycles. The number of fused-ring (bicyclic) bond motifs is 6. The summed E-state index contributed by atoms with van der Waals surface area (Å²) in [5.74, 6) is 0.273. The summed E-state index contributed by atoms with van der Waals surface area (Å²) >= 11 is 0. The van der Waals surface area contributed by atoms with Crippen LogP contribution in [0.2, 0.25) is 0 Å². The van der Waals surface area contributed by atoms with Gasteiger partial charge >= 0.3 is 5.97 Å². The van der Waals surface area contributed by atoms with E-state index < -0.39 is 73.1 Å². The zero-order valence-electron chi connectivity index (χ0n) is 31.2. The van der Waals surface area contributed by atoms with Crippen molar-refractivity contribution in [1.29, 1.82) is 0 Å². The van der Waals surface area contributed by atoms with Crippen molar-refractivity contribution in [2.45, 2.75) is 154 Å². The minimum Gasteiger partial charge on any atom is -0.481 e. The number of hydrogen-bond donors (Lipinski definition) is 7. The van der Waals surface area contributed by atoms with E-state index in [-0.39, 0.29) is 34.2 Å². The molecule has 11 heteroatoms. The molecule has 3 saturated carbocycles. The number of hydrogen-bond acceptors (Lipinski definition) is 10. The Morgan fingerprint density at radius 3 is 2.25 bits per heavy atom. The van der Waals surface area contributed by atoms with Crippen molar-refractivity contribution in [2.24, 2.45) is 50.7 Å². The van der Waals surface area contributed by atoms with Gasteiger partial charge in [0.1, 0.15) is 42.7 Å². The van der Waals surface area contributed by atoms with Crippen LogP contribution < -0.4 is 0 Å². The van der Waals surface area contributed by atoms with Crippen LogP contribution >= 0.6 is 0 Å². The van der Waals surface area contributed by atoms with Crippen molar-refractivity contribution in [3.63, 3.8) is 0 Å². The standard InChI is InChI=1S/C40H62O11/c1-36(2)13-15-40(35(47)48)16-14-38(5)20-9-10-27-37(3,4)23(11-12-39(27,6)21(20)7-8-22(38)24(40)17-36)32-33(28(43)25(42)19-49-32)51-34-31(46)30(45)29(44)26(18-41)50-34/h7-8,20-21,23,25-34,41-46H,9-19H2,1-6H3,(H,47,48)/t20?,21?,23-,25+,26-,27?,28+,29-,30+,31-,32?,33-,34+,38+,39+,40-/m1/s1. The predicted octanol–water partition coefficient (Wildman–Crippen LogP) is 3.32. The molecule has 7 N–H and O–H groups in total. The number of aliphatic carboxylic acids is 1. The van der Waals surface area contributed by atoms with Gasteiger partial charge in [0.05, 0.1) is 24.7 Å². The highest BCUT2D eigenvalue weighted by Gasteiger charge is 2.65. The molecule has 2 saturated heterocycles. The first-order chi connectivity index (χ1) is 23.8. The summed E-state index contributed by atoms with van der Waals surface area (Å²) < 4.78 is 18.2. The largest absolute Gasteiger partial charge is 0.481 e. The predicted molar refractivity (Wildman–Crippen MR) is 186 cm³/mol. The van der Waals surface area contributed by atoms with Crippen molar-refractivity contribution in [2.75, 3.05) is 13.2 Å². The summed E-state index contributed by atoms with van der Waals surface area (Å²) in [7, 11) is 0. The zero-order valence-corrected chi connectivity index (χ0v) is 31.2. The van der Waals surface area contributed by atoms with Crippen LogP contribution in [0.3, 0.4) is 0 Å². The number of carbonyl (C=O) groups is 1. The smallest absolute Gasteiger partial charge is 0.313 e. The van der Waals surface area contributed by atoms with Gasteiger partial charge in [0.15, 0.2) is 6.29 Å². The molecule has 16 atom stereocenters. The lowest BCUT2D eigenvalue weighted by atomic mass is 9.38. The van der Waals surface area contributed by atoms with Gasteiger partial charge in [-0.3, -0.25) is 4.79 Å². The number of carboxylic acids is 1. The van der Waals surface area contributed by atoms with Crippen LogP contribution in [0.25, 0.3) is 0 Å². The average molecular weight is 719 g/mol. The lowest BCUT2D eigenvalue weighted by Crippen LogP contribution is -2.66. The van der Waals surface area contributed by atoms with E-state index in [1.165, 1.54) is 11.1 Å². The molecule has 11 nitrogen and oxygen atoms in total. The first-order valence-corrected chi connectivity index (χ1v) is 19.4. The molecule has 0 aromatic rings. The van der Waals surface area contributed by atoms with Gasteiger partial charge in [-0.05, 0) is 114 Å². The summed E-state index contributed by atoms with van der Waals surface area (Å²) in [5, 5.41) is 73.8. The maximum atomic E-state index is 12.9. The van der Waals surface area contributed by atoms with Crippen LogP contribution in [0.15, 0.2) is 23.3 Å². The molecule has 2 aliphatic heterocycles. The monoisotopic (exact) mass is 718 g/mol. The topological polar surface area (TPSA) is 186 Å². The molecule has 51 heavy (non-hydrogen) atoms. The van der Waals surface area contributed by atoms with Crippen molar-refractivity contribution >= 4 is 5.97 Å². The molecule has 7 aliphatic rings. The van der Waals surface area contributed by atoms with E-state index in [2.05, 4.69) is 53.7 Å². The fourth-order valence-corrected chi connectivity index (χ4v) is 12.8. The molecule has 0 aromatic carbocycles. The fourth-order valence-electron chi connectivity index (χ4n) is 12.8. The van der Waals surface area contributed by atoms with E-state index in [1.807, 2.05) is 0 Å². The first kappa shape index (κ1) is 37.9. The van der Waals surface area contributed by atoms with E-state index in [0.717, 1.165) is 44.9 Å². The maximum absolute atomic E-state index is 12.9. The molecular weight excluding hydrogens is 656 g/mol. The van der Waals surface area contributed by atoms with Gasteiger partial charge in [0, 0.05) is 0 Å². The van der Waals surface area contributed by atoms with Gasteiger partial charge in [-0.25, -0.2) is 0 Å². The highest BCUT2D eigenvalue weighted by atomic mass is 16.7. The summed E-state index contributed by atoms with van der Waals surface area (Å²) in [6, 6.07) is 0. The summed E-state index contributed by atoms with van der Waals surface area (Å²) in [6.45, 7) is 13.3. The van der Waals surface area contributed by atoms with Gasteiger partial charge < -0.3 is 50.0 Å². The van der Waals surface area contributed by atoms with E-state index in [0.29, 0.717) is 30.6 Å². The number of ether oxygens (including phenoxy) is 3. The third kappa shape index (κ3) is 5.65. The number of allylic oxidation sites excluding steroid dienone is 3. The third-order valence-electron chi connectivity index (χ3n) is 15.8. The lowest BCUT2D eigenvalue weighted by molar-refractivity contribution is -0.342. The van der Waals surface area contributed by atoms with Crippen molar-refractivity contribution < 1.29 is 54.8 Å². The van der Waals surface area contributed by atoms with Crippen LogP contribution in [-0.4, -0.2) is 110 Å². The second-order valence-electron chi connectivity index (χ2n) is 19.3. The SMILES string of the molecule is CC1(C)CC[C@@]2(C(=O)O)CC[C@]3(C)C(=C2C1)C=CC1C3CCC2C(C)(C)[C@@H](C3OC[C@H](O)[C@H](O)[C@H]3O[C@@H]3O[C@H](CO)[C@@H](O)[C@H](O)[C@H]3O)CC[C@@]12C. The molecule has 0 bridgehead atoms. The Morgan fingerprint density at radius 1 is 0.863 bits per heavy atom. The Labute approximate surface area is 302 Å². The molecular formula is C40H62O11. The number of carboxylic acid groups (broad SMARTS) is 1. The zero-order chi connectivity index (χ0) is 37.1. The average Bonchev–Trinajstić information content (AvgIpc) is 3.06. The number of aliphatic hydroxyl groups is 6. The second-order valence-corrected chi connectivity index (χ2v) is 19.3. The molecule has 7 rings (SSSR count). The Balaban J connectivity index is 1.18. The lowest BCUT2D eigenvalue weighted by Gasteiger charge is -2.66. The van der Waals surface area contributed by atoms with Gasteiger partial charge in [0.25, 0.3) is 0 Å². The van der Waals surface area contributed by atoms with Crippen LogP contribution in [0.4, 0.5) is 0 Å². The minimum atomic E-state index is -1.65. The second kappa shape index (κ2) is 12.8. The number of aliphatic hydroxyl groups excluding tert-OH is 6. The summed E-state index contributed by atoms with van der Waals surface area (Å²) in [5.41, 5.74) is 1.37. The van der Waals surface area contributed by atoms with Crippen LogP contribution in [0.1, 0.15) is 99.3 Å². The van der Waals surface area contributed by atoms with E-state index in [9.17, 15) is 40.5 Å². The van der Waals surface area contributed by atoms with Gasteiger partial charge in [-0.15, -0.1) is 0 Å². The molecule has 0 amide bonds. The highest BCUT2D eigenvalue weighted by Crippen LogP contribution is 2.71. The summed E-state index contributed by atoms with van der Waals surface area (Å²) in [4.78, 5) is 12.9. The molecule has 0 spiro atoms. The van der Waals surface area contributed by atoms with Gasteiger partial charge in [-0.1, -0.05) is 53.7 Å². The van der Waals surface area contributed by atoms with E-state index in [4.69, 9.17) is 14.2 Å². The molecule has 4 unspecified atom stereocenters. The van der Waals surface area contributed by atoms with E-state index in [1.54, 1.807) is 0 Å². The normalized spacial score (nSPS) is 51.9. The number of rotatable bonds is 5. The third-order valence-corrected chi connectivity index (χ3v) is 15.8. The van der Waals surface area contributed by atoms with Crippen molar-refractivity contribution in [3.8, 4) is 0 Å². The summed E-state index contributed by atoms with van der Waals surface area (Å²) in [6.07, 6.45) is 0.712. The molecule has 0 aromatic heterocycles. The van der Waals surface area contributed by atoms with Gasteiger partial charge in [-0.2, -0.15) is 0 Å². The van der Waals surface area contributed by atoms with Crippen LogP contribution in [0.5, 0.6) is 0 Å². The van der Waals surface area contributed by atoms with Crippen molar-refractivity contribution in [3.05, 3.63) is 23.3 Å². The maximum Gasteiger partial charge on any atom is 0.313 e. The Morgan fingerprint density at radius 2 is 1.57 bits per heavy atom. The highest BCUT2D eigenvalue weighted by molar-refractivity contribution is 5.80. The van der Waals surface area contributed by atoms with E-state index >= 15 is 0 Å². The Kier molecular flexibility index (Phi) is 9.54. The Bertz CT molecular complexity index is 1420. The van der Waals surface area contributed by atoms with Gasteiger partial charge in [0.2, 0.25) is 0 Å². The van der Waals surface area contributed by atoms with Crippen LogP contribution in [-0.2, 0) is 19.0 Å². The minimum absolute atomic E-state index is 0.0355.